The fourth-order valence-electron chi connectivity index (χ4n) is 10.4. The lowest BCUT2D eigenvalue weighted by Gasteiger charge is -2.34. The van der Waals surface area contributed by atoms with Crippen molar-refractivity contribution < 1.29 is 32.7 Å². The van der Waals surface area contributed by atoms with Crippen molar-refractivity contribution in [3.63, 3.8) is 0 Å². The number of aryl methyl sites for hydroxylation is 2. The summed E-state index contributed by atoms with van der Waals surface area (Å²) in [6, 6.07) is 17.1. The molecule has 5 aliphatic rings. The number of rotatable bonds is 11. The number of anilines is 2. The Kier molecular flexibility index (Phi) is 11.5. The normalized spacial score (nSPS) is 19.1. The molecule has 0 aliphatic carbocycles. The van der Waals surface area contributed by atoms with Crippen LogP contribution in [0.15, 0.2) is 67.0 Å². The number of halogens is 2. The van der Waals surface area contributed by atoms with Gasteiger partial charge in [0, 0.05) is 111 Å². The SMILES string of the molecule is CC(=O)N1CCc2c(c(N3CCCc4cc(-c5cnn(C)c5)c(C(F)F)cc43)nn2C2CCN(Cc3ccc(CCOc4cccc5c4CN(C4CCC(=O)NC4=O)C5=O)cc3)CC2)C1. The molecule has 5 aliphatic heterocycles. The number of alkyl halides is 2. The van der Waals surface area contributed by atoms with E-state index in [9.17, 15) is 28.0 Å². The topological polar surface area (TPSA) is 138 Å². The van der Waals surface area contributed by atoms with Crippen LogP contribution in [0.2, 0.25) is 0 Å². The van der Waals surface area contributed by atoms with Gasteiger partial charge in [-0.15, -0.1) is 0 Å². The highest BCUT2D eigenvalue weighted by atomic mass is 19.3. The molecule has 0 spiro atoms. The third-order valence-corrected chi connectivity index (χ3v) is 13.9. The number of nitrogens with one attached hydrogen (secondary N) is 1. The van der Waals surface area contributed by atoms with Crippen molar-refractivity contribution in [1.82, 2.24) is 39.6 Å². The van der Waals surface area contributed by atoms with E-state index in [1.54, 1.807) is 49.2 Å². The largest absolute Gasteiger partial charge is 0.493 e. The molecule has 0 radical (unpaired) electrons. The van der Waals surface area contributed by atoms with Crippen molar-refractivity contribution in [2.45, 2.75) is 96.4 Å². The van der Waals surface area contributed by atoms with E-state index in [0.717, 1.165) is 84.8 Å². The Labute approximate surface area is 376 Å². The predicted molar refractivity (Wildman–Crippen MR) is 238 cm³/mol. The Hall–Kier alpha value is -6.42. The zero-order chi connectivity index (χ0) is 44.9. The van der Waals surface area contributed by atoms with E-state index >= 15 is 0 Å². The maximum absolute atomic E-state index is 14.7. The maximum atomic E-state index is 14.7. The summed E-state index contributed by atoms with van der Waals surface area (Å²) in [4.78, 5) is 58.1. The van der Waals surface area contributed by atoms with Gasteiger partial charge in [0.25, 0.3) is 12.3 Å². The van der Waals surface area contributed by atoms with E-state index in [-0.39, 0.29) is 42.3 Å². The van der Waals surface area contributed by atoms with Crippen LogP contribution in [0.1, 0.15) is 101 Å². The molecule has 10 rings (SSSR count). The molecule has 7 heterocycles. The second-order valence-corrected chi connectivity index (χ2v) is 18.0. The van der Waals surface area contributed by atoms with Crippen LogP contribution in [0.5, 0.6) is 5.75 Å². The number of hydrogen-bond donors (Lipinski definition) is 1. The Morgan fingerprint density at radius 2 is 1.71 bits per heavy atom. The second kappa shape index (κ2) is 17.5. The van der Waals surface area contributed by atoms with Crippen LogP contribution < -0.4 is 15.0 Å². The lowest BCUT2D eigenvalue weighted by molar-refractivity contribution is -0.137. The van der Waals surface area contributed by atoms with E-state index in [0.29, 0.717) is 67.9 Å². The Bertz CT molecular complexity index is 2670. The number of ether oxygens (including phenoxy) is 1. The number of imide groups is 1. The number of carbonyl (C=O) groups excluding carboxylic acids is 4. The lowest BCUT2D eigenvalue weighted by Crippen LogP contribution is -2.52. The van der Waals surface area contributed by atoms with Crippen molar-refractivity contribution in [2.24, 2.45) is 7.05 Å². The van der Waals surface area contributed by atoms with Gasteiger partial charge in [0.05, 0.1) is 31.9 Å². The van der Waals surface area contributed by atoms with Crippen LogP contribution >= 0.6 is 0 Å². The quantitative estimate of drug-likeness (QED) is 0.149. The Morgan fingerprint density at radius 1 is 0.908 bits per heavy atom. The molecule has 16 heteroatoms. The molecule has 4 amide bonds. The maximum Gasteiger partial charge on any atom is 0.264 e. The smallest absolute Gasteiger partial charge is 0.264 e. The van der Waals surface area contributed by atoms with E-state index < -0.39 is 18.4 Å². The van der Waals surface area contributed by atoms with E-state index in [2.05, 4.69) is 49.2 Å². The van der Waals surface area contributed by atoms with Gasteiger partial charge in [0.15, 0.2) is 5.82 Å². The van der Waals surface area contributed by atoms with Crippen molar-refractivity contribution in [2.75, 3.05) is 37.7 Å². The number of hydrogen-bond acceptors (Lipinski definition) is 9. The first kappa shape index (κ1) is 42.5. The zero-order valence-corrected chi connectivity index (χ0v) is 36.8. The number of fused-ring (bicyclic) bond motifs is 3. The average molecular weight is 886 g/mol. The van der Waals surface area contributed by atoms with E-state index in [4.69, 9.17) is 9.84 Å². The number of nitrogens with zero attached hydrogens (tertiary/aromatic N) is 8. The van der Waals surface area contributed by atoms with Crippen molar-refractivity contribution in [3.05, 3.63) is 112 Å². The minimum atomic E-state index is -2.66. The Balaban J connectivity index is 0.785. The summed E-state index contributed by atoms with van der Waals surface area (Å²) < 4.78 is 39.5. The van der Waals surface area contributed by atoms with Crippen LogP contribution in [0.25, 0.3) is 11.1 Å². The van der Waals surface area contributed by atoms with Crippen LogP contribution in [0.4, 0.5) is 20.3 Å². The molecule has 65 heavy (non-hydrogen) atoms. The van der Waals surface area contributed by atoms with Gasteiger partial charge in [-0.3, -0.25) is 38.8 Å². The van der Waals surface area contributed by atoms with Crippen molar-refractivity contribution in [3.8, 4) is 16.9 Å². The van der Waals surface area contributed by atoms with Crippen LogP contribution in [-0.4, -0.2) is 96.7 Å². The lowest BCUT2D eigenvalue weighted by atomic mass is 9.92. The van der Waals surface area contributed by atoms with Crippen molar-refractivity contribution in [1.29, 1.82) is 0 Å². The third-order valence-electron chi connectivity index (χ3n) is 13.9. The average Bonchev–Trinajstić information content (AvgIpc) is 4.01. The molecule has 14 nitrogen and oxygen atoms in total. The highest BCUT2D eigenvalue weighted by Gasteiger charge is 2.40. The summed E-state index contributed by atoms with van der Waals surface area (Å²) in [6.07, 6.45) is 6.10. The first-order valence-electron chi connectivity index (χ1n) is 22.8. The monoisotopic (exact) mass is 885 g/mol. The first-order chi connectivity index (χ1) is 31.5. The molecule has 0 bridgehead atoms. The third kappa shape index (κ3) is 8.28. The number of amides is 4. The summed E-state index contributed by atoms with van der Waals surface area (Å²) in [5.41, 5.74) is 8.74. The molecule has 338 valence electrons. The van der Waals surface area contributed by atoms with Crippen LogP contribution in [0.3, 0.4) is 0 Å². The summed E-state index contributed by atoms with van der Waals surface area (Å²) >= 11 is 0. The van der Waals surface area contributed by atoms with Crippen molar-refractivity contribution >= 4 is 35.1 Å². The highest BCUT2D eigenvalue weighted by molar-refractivity contribution is 6.05. The van der Waals surface area contributed by atoms with Gasteiger partial charge >= 0.3 is 0 Å². The van der Waals surface area contributed by atoms with Gasteiger partial charge in [-0.25, -0.2) is 8.78 Å². The molecule has 2 fully saturated rings. The fraction of sp³-hybridized carbons (Fsp3) is 0.429. The second-order valence-electron chi connectivity index (χ2n) is 18.0. The molecule has 1 atom stereocenters. The molecule has 2 aromatic heterocycles. The molecule has 3 aromatic carbocycles. The number of piperidine rings is 2. The molecular formula is C49H53F2N9O5. The van der Waals surface area contributed by atoms with Gasteiger partial charge < -0.3 is 19.4 Å². The standard InChI is InChI=1S/C49H53F2N9O5/c1-30(61)57-21-16-41-40(28-57)47(58-18-4-5-33-23-37(34-25-52-55(2)27-34)38(46(50)51)24-43(33)58)54-60(41)35-14-19-56(20-15-35)26-32-10-8-31(9-11-32)17-22-65-44-7-3-6-36-39(44)29-59(49(36)64)42-12-13-45(62)53-48(42)63/h3,6-11,23-25,27,35,42,46H,4-5,12-22,26,28-29H2,1-2H3,(H,53,62,63). The molecule has 5 aromatic rings. The summed E-state index contributed by atoms with van der Waals surface area (Å²) in [5, 5.41) is 11.9. The first-order valence-corrected chi connectivity index (χ1v) is 22.8. The summed E-state index contributed by atoms with van der Waals surface area (Å²) in [5.74, 6) is 0.451. The minimum Gasteiger partial charge on any atom is -0.493 e. The molecule has 1 unspecified atom stereocenters. The highest BCUT2D eigenvalue weighted by Crippen LogP contribution is 2.44. The van der Waals surface area contributed by atoms with E-state index in [1.165, 1.54) is 10.5 Å². The molecule has 0 saturated carbocycles. The van der Waals surface area contributed by atoms with Crippen LogP contribution in [0, 0.1) is 0 Å². The van der Waals surface area contributed by atoms with E-state index in [1.807, 2.05) is 17.0 Å². The Morgan fingerprint density at radius 3 is 2.45 bits per heavy atom. The minimum absolute atomic E-state index is 0.0135. The molecule has 1 N–H and O–H groups in total. The van der Waals surface area contributed by atoms with Crippen LogP contribution in [-0.2, 0) is 60.3 Å². The van der Waals surface area contributed by atoms with Gasteiger partial charge in [-0.1, -0.05) is 30.3 Å². The molecule has 2 saturated heterocycles. The van der Waals surface area contributed by atoms with Gasteiger partial charge in [0.1, 0.15) is 11.8 Å². The molecular weight excluding hydrogens is 833 g/mol. The zero-order valence-electron chi connectivity index (χ0n) is 36.8. The number of benzene rings is 3. The number of aromatic nitrogens is 4. The predicted octanol–water partition coefficient (Wildman–Crippen LogP) is 6.43. The summed E-state index contributed by atoms with van der Waals surface area (Å²) in [7, 11) is 1.78. The van der Waals surface area contributed by atoms with Gasteiger partial charge in [0.2, 0.25) is 17.7 Å². The fourth-order valence-corrected chi connectivity index (χ4v) is 10.4. The summed E-state index contributed by atoms with van der Waals surface area (Å²) in [6.45, 7) is 6.63. The number of carbonyl (C=O) groups is 4. The van der Waals surface area contributed by atoms with Gasteiger partial charge in [-0.2, -0.15) is 10.2 Å². The number of likely N-dealkylation sites (tertiary alicyclic amines) is 1. The van der Waals surface area contributed by atoms with Gasteiger partial charge in [-0.05, 0) is 78.6 Å².